The first-order valence-corrected chi connectivity index (χ1v) is 11.7. The van der Waals surface area contributed by atoms with E-state index in [1.165, 1.54) is 0 Å². The standard InChI is InChI=1S/C27H36N2O3/c1-19(2)16-29-17-26(13-20-8-4-3-5-9-20)14-22(30)15-27(18-29,25(26)32)24(31)12-21-10-6-7-11-23(21)28/h3-11,19,24-25,31-32H,12-18,28H2,1-2H3/t24-,25?,26?,27?/m0/s1. The number of benzene rings is 2. The second-order valence-corrected chi connectivity index (χ2v) is 10.5. The number of nitrogens with two attached hydrogens (primary N) is 1. The maximum absolute atomic E-state index is 13.1. The van der Waals surface area contributed by atoms with Gasteiger partial charge in [0.15, 0.2) is 0 Å². The van der Waals surface area contributed by atoms with Gasteiger partial charge >= 0.3 is 0 Å². The molecule has 2 fully saturated rings. The predicted octanol–water partition coefficient (Wildman–Crippen LogP) is 3.08. The van der Waals surface area contributed by atoms with Gasteiger partial charge in [-0.2, -0.15) is 0 Å². The lowest BCUT2D eigenvalue weighted by Gasteiger charge is -2.60. The summed E-state index contributed by atoms with van der Waals surface area (Å²) in [5, 5.41) is 23.4. The van der Waals surface area contributed by atoms with E-state index in [0.29, 0.717) is 44.0 Å². The summed E-state index contributed by atoms with van der Waals surface area (Å²) in [6.07, 6.45) is -0.134. The zero-order valence-corrected chi connectivity index (χ0v) is 19.2. The van der Waals surface area contributed by atoms with Gasteiger partial charge in [-0.3, -0.25) is 4.79 Å². The van der Waals surface area contributed by atoms with Gasteiger partial charge < -0.3 is 20.8 Å². The number of hydrogen-bond donors (Lipinski definition) is 3. The van der Waals surface area contributed by atoms with Gasteiger partial charge in [-0.25, -0.2) is 0 Å². The zero-order valence-electron chi connectivity index (χ0n) is 19.2. The minimum absolute atomic E-state index is 0.135. The fourth-order valence-corrected chi connectivity index (χ4v) is 6.23. The highest BCUT2D eigenvalue weighted by atomic mass is 16.3. The van der Waals surface area contributed by atoms with Gasteiger partial charge in [-0.05, 0) is 29.5 Å². The first-order chi connectivity index (χ1) is 15.2. The molecule has 32 heavy (non-hydrogen) atoms. The van der Waals surface area contributed by atoms with Crippen LogP contribution in [-0.4, -0.2) is 52.7 Å². The Morgan fingerprint density at radius 3 is 2.44 bits per heavy atom. The van der Waals surface area contributed by atoms with Crippen molar-refractivity contribution in [2.45, 2.75) is 51.7 Å². The van der Waals surface area contributed by atoms with Gasteiger partial charge in [0.1, 0.15) is 5.78 Å². The van der Waals surface area contributed by atoms with E-state index in [2.05, 4.69) is 30.9 Å². The van der Waals surface area contributed by atoms with E-state index < -0.39 is 23.0 Å². The number of hydrogen-bond acceptors (Lipinski definition) is 5. The van der Waals surface area contributed by atoms with Crippen LogP contribution in [0.5, 0.6) is 0 Å². The number of carbonyl (C=O) groups is 1. The molecule has 4 atom stereocenters. The van der Waals surface area contributed by atoms with Gasteiger partial charge in [0.25, 0.3) is 0 Å². The number of nitrogens with zero attached hydrogens (tertiary/aromatic N) is 1. The van der Waals surface area contributed by atoms with E-state index in [4.69, 9.17) is 5.73 Å². The molecule has 0 spiro atoms. The minimum Gasteiger partial charge on any atom is -0.399 e. The predicted molar refractivity (Wildman–Crippen MR) is 127 cm³/mol. The van der Waals surface area contributed by atoms with Crippen molar-refractivity contribution in [3.05, 3.63) is 65.7 Å². The molecule has 4 rings (SSSR count). The number of para-hydroxylation sites is 1. The van der Waals surface area contributed by atoms with Crippen LogP contribution in [0.2, 0.25) is 0 Å². The molecule has 2 aliphatic rings. The maximum atomic E-state index is 13.1. The number of nitrogen functional groups attached to an aromatic ring is 1. The molecule has 2 aromatic rings. The Morgan fingerprint density at radius 1 is 1.06 bits per heavy atom. The largest absolute Gasteiger partial charge is 0.399 e. The number of likely N-dealkylation sites (tertiary alicyclic amines) is 1. The molecule has 2 bridgehead atoms. The Kier molecular flexibility index (Phi) is 6.44. The Hall–Kier alpha value is -2.21. The lowest BCUT2D eigenvalue weighted by Crippen LogP contribution is -2.70. The Balaban J connectivity index is 1.73. The second-order valence-electron chi connectivity index (χ2n) is 10.5. The summed E-state index contributed by atoms with van der Waals surface area (Å²) in [5.41, 5.74) is 7.25. The molecule has 5 nitrogen and oxygen atoms in total. The zero-order chi connectivity index (χ0) is 22.9. The van der Waals surface area contributed by atoms with E-state index in [1.807, 2.05) is 42.5 Å². The van der Waals surface area contributed by atoms with Crippen LogP contribution in [0.4, 0.5) is 5.69 Å². The fraction of sp³-hybridized carbons (Fsp3) is 0.519. The van der Waals surface area contributed by atoms with Gasteiger partial charge in [0, 0.05) is 55.4 Å². The van der Waals surface area contributed by atoms with E-state index >= 15 is 0 Å². The van der Waals surface area contributed by atoms with E-state index in [9.17, 15) is 15.0 Å². The number of ketones is 1. The van der Waals surface area contributed by atoms with Crippen LogP contribution in [0.1, 0.15) is 37.8 Å². The smallest absolute Gasteiger partial charge is 0.134 e. The molecular weight excluding hydrogens is 400 g/mol. The monoisotopic (exact) mass is 436 g/mol. The van der Waals surface area contributed by atoms with Crippen LogP contribution in [-0.2, 0) is 17.6 Å². The maximum Gasteiger partial charge on any atom is 0.134 e. The third kappa shape index (κ3) is 4.34. The molecule has 1 heterocycles. The number of rotatable bonds is 7. The molecular formula is C27H36N2O3. The van der Waals surface area contributed by atoms with Crippen molar-refractivity contribution in [1.82, 2.24) is 4.90 Å². The van der Waals surface area contributed by atoms with Crippen LogP contribution in [0.15, 0.2) is 54.6 Å². The van der Waals surface area contributed by atoms with Crippen molar-refractivity contribution in [3.63, 3.8) is 0 Å². The van der Waals surface area contributed by atoms with E-state index in [0.717, 1.165) is 17.7 Å². The molecule has 5 heteroatoms. The van der Waals surface area contributed by atoms with Gasteiger partial charge in [-0.15, -0.1) is 0 Å². The van der Waals surface area contributed by atoms with Gasteiger partial charge in [0.2, 0.25) is 0 Å². The molecule has 2 aromatic carbocycles. The van der Waals surface area contributed by atoms with Crippen molar-refractivity contribution in [2.75, 3.05) is 25.4 Å². The van der Waals surface area contributed by atoms with Crippen LogP contribution in [0, 0.1) is 16.7 Å². The number of Topliss-reactive ketones (excluding diaryl/α,β-unsaturated/α-hetero) is 1. The molecule has 1 aliphatic heterocycles. The lowest BCUT2D eigenvalue weighted by atomic mass is 9.52. The summed E-state index contributed by atoms with van der Waals surface area (Å²) in [7, 11) is 0. The Bertz CT molecular complexity index is 947. The quantitative estimate of drug-likeness (QED) is 0.581. The molecule has 0 amide bonds. The summed E-state index contributed by atoms with van der Waals surface area (Å²) in [6, 6.07) is 17.6. The van der Waals surface area contributed by atoms with Crippen molar-refractivity contribution in [1.29, 1.82) is 0 Å². The van der Waals surface area contributed by atoms with E-state index in [1.54, 1.807) is 0 Å². The molecule has 3 unspecified atom stereocenters. The molecule has 1 saturated heterocycles. The lowest BCUT2D eigenvalue weighted by molar-refractivity contribution is -0.204. The number of aliphatic hydroxyl groups excluding tert-OH is 2. The number of fused-ring (bicyclic) bond motifs is 2. The molecule has 4 N–H and O–H groups in total. The third-order valence-corrected chi connectivity index (χ3v) is 7.41. The average molecular weight is 437 g/mol. The fourth-order valence-electron chi connectivity index (χ4n) is 6.23. The summed E-state index contributed by atoms with van der Waals surface area (Å²) in [5.74, 6) is 0.588. The Morgan fingerprint density at radius 2 is 1.75 bits per heavy atom. The highest BCUT2D eigenvalue weighted by molar-refractivity contribution is 5.82. The van der Waals surface area contributed by atoms with Crippen LogP contribution >= 0.6 is 0 Å². The minimum atomic E-state index is -0.903. The summed E-state index contributed by atoms with van der Waals surface area (Å²) >= 11 is 0. The van der Waals surface area contributed by atoms with Crippen LogP contribution in [0.3, 0.4) is 0 Å². The highest BCUT2D eigenvalue weighted by Gasteiger charge is 2.62. The van der Waals surface area contributed by atoms with Crippen molar-refractivity contribution < 1.29 is 15.0 Å². The third-order valence-electron chi connectivity index (χ3n) is 7.41. The topological polar surface area (TPSA) is 86.8 Å². The Labute approximate surface area is 191 Å². The average Bonchev–Trinajstić information content (AvgIpc) is 2.72. The molecule has 0 radical (unpaired) electrons. The normalized spacial score (nSPS) is 29.3. The summed E-state index contributed by atoms with van der Waals surface area (Å²) < 4.78 is 0. The van der Waals surface area contributed by atoms with Crippen LogP contribution < -0.4 is 5.73 Å². The van der Waals surface area contributed by atoms with Gasteiger partial charge in [0.05, 0.1) is 12.2 Å². The van der Waals surface area contributed by atoms with Gasteiger partial charge in [-0.1, -0.05) is 62.4 Å². The molecule has 172 valence electrons. The summed E-state index contributed by atoms with van der Waals surface area (Å²) in [4.78, 5) is 15.5. The van der Waals surface area contributed by atoms with Crippen molar-refractivity contribution in [2.24, 2.45) is 16.7 Å². The first-order valence-electron chi connectivity index (χ1n) is 11.7. The molecule has 0 aromatic heterocycles. The number of carbonyl (C=O) groups excluding carboxylic acids is 1. The highest BCUT2D eigenvalue weighted by Crippen LogP contribution is 2.53. The number of anilines is 1. The second kappa shape index (κ2) is 8.97. The first kappa shape index (κ1) is 23.0. The van der Waals surface area contributed by atoms with Crippen molar-refractivity contribution >= 4 is 11.5 Å². The molecule has 1 saturated carbocycles. The van der Waals surface area contributed by atoms with E-state index in [-0.39, 0.29) is 12.2 Å². The molecule has 1 aliphatic carbocycles. The number of aliphatic hydroxyl groups is 2. The summed E-state index contributed by atoms with van der Waals surface area (Å²) in [6.45, 7) is 6.42. The SMILES string of the molecule is CC(C)CN1CC2(Cc3ccccc3)CC(=O)CC([C@@H](O)Cc3ccccc3N)(C1)C2O. The van der Waals surface area contributed by atoms with Crippen LogP contribution in [0.25, 0.3) is 0 Å². The number of piperidine rings is 1. The van der Waals surface area contributed by atoms with Crippen molar-refractivity contribution in [3.8, 4) is 0 Å².